The summed E-state index contributed by atoms with van der Waals surface area (Å²) >= 11 is 0. The van der Waals surface area contributed by atoms with Gasteiger partial charge in [-0.3, -0.25) is 4.79 Å². The number of aldehydes is 1. The van der Waals surface area contributed by atoms with Crippen molar-refractivity contribution >= 4 is 12.0 Å². The number of likely N-dealkylation sites (N-methyl/N-ethyl adjacent to an activating group) is 1. The van der Waals surface area contributed by atoms with Gasteiger partial charge >= 0.3 is 0 Å². The average Bonchev–Trinajstić information content (AvgIpc) is 2.97. The van der Waals surface area contributed by atoms with Crippen LogP contribution < -0.4 is 4.90 Å². The second-order valence-electron chi connectivity index (χ2n) is 5.16. The van der Waals surface area contributed by atoms with Crippen LogP contribution in [-0.2, 0) is 0 Å². The zero-order valence-corrected chi connectivity index (χ0v) is 11.6. The highest BCUT2D eigenvalue weighted by molar-refractivity contribution is 5.73. The molecule has 1 aromatic heterocycles. The monoisotopic (exact) mass is 270 g/mol. The van der Waals surface area contributed by atoms with Crippen LogP contribution in [-0.4, -0.2) is 44.4 Å². The number of benzene rings is 1. The first-order valence-corrected chi connectivity index (χ1v) is 6.85. The first-order chi connectivity index (χ1) is 9.76. The minimum atomic E-state index is 0.364. The number of carbonyl (C=O) groups excluding carboxylic acids is 1. The van der Waals surface area contributed by atoms with Crippen molar-refractivity contribution in [3.63, 3.8) is 0 Å². The third-order valence-corrected chi connectivity index (χ3v) is 3.76. The predicted octanol–water partition coefficient (Wildman–Crippen LogP) is 2.51. The summed E-state index contributed by atoms with van der Waals surface area (Å²) in [6.07, 6.45) is 0.724. The summed E-state index contributed by atoms with van der Waals surface area (Å²) in [6, 6.07) is 11.8. The molecule has 0 radical (unpaired) electrons. The Hall–Kier alpha value is -2.07. The SMILES string of the molecule is CN1CCN(c2ccc(-c3ccc(C=O)o3)cc2)CC1. The number of nitrogens with zero attached hydrogens (tertiary/aromatic N) is 2. The summed E-state index contributed by atoms with van der Waals surface area (Å²) in [4.78, 5) is 15.4. The van der Waals surface area contributed by atoms with Gasteiger partial charge in [-0.1, -0.05) is 0 Å². The Morgan fingerprint density at radius 2 is 1.70 bits per heavy atom. The van der Waals surface area contributed by atoms with Gasteiger partial charge < -0.3 is 14.2 Å². The van der Waals surface area contributed by atoms with E-state index in [0.717, 1.165) is 43.8 Å². The highest BCUT2D eigenvalue weighted by atomic mass is 16.3. The molecule has 0 spiro atoms. The number of rotatable bonds is 3. The fourth-order valence-corrected chi connectivity index (χ4v) is 2.47. The van der Waals surface area contributed by atoms with E-state index in [0.29, 0.717) is 5.76 Å². The standard InChI is InChI=1S/C16H18N2O2/c1-17-8-10-18(11-9-17)14-4-2-13(3-5-14)16-7-6-15(12-19)20-16/h2-7,12H,8-11H2,1H3. The van der Waals surface area contributed by atoms with Crippen molar-refractivity contribution in [2.24, 2.45) is 0 Å². The Labute approximate surface area is 118 Å². The van der Waals surface area contributed by atoms with Gasteiger partial charge in [0.1, 0.15) is 5.76 Å². The molecule has 1 fully saturated rings. The lowest BCUT2D eigenvalue weighted by Gasteiger charge is -2.34. The van der Waals surface area contributed by atoms with Gasteiger partial charge in [0, 0.05) is 37.4 Å². The van der Waals surface area contributed by atoms with Gasteiger partial charge in [-0.15, -0.1) is 0 Å². The molecular formula is C16H18N2O2. The molecule has 1 saturated heterocycles. The molecule has 3 rings (SSSR count). The Balaban J connectivity index is 1.75. The van der Waals surface area contributed by atoms with Crippen LogP contribution in [0.4, 0.5) is 5.69 Å². The van der Waals surface area contributed by atoms with Crippen LogP contribution in [0.15, 0.2) is 40.8 Å². The smallest absolute Gasteiger partial charge is 0.185 e. The summed E-state index contributed by atoms with van der Waals surface area (Å²) in [7, 11) is 2.15. The van der Waals surface area contributed by atoms with Gasteiger partial charge in [0.05, 0.1) is 0 Å². The maximum atomic E-state index is 10.6. The molecule has 20 heavy (non-hydrogen) atoms. The average molecular weight is 270 g/mol. The minimum Gasteiger partial charge on any atom is -0.453 e. The summed E-state index contributed by atoms with van der Waals surface area (Å²) in [5, 5.41) is 0. The quantitative estimate of drug-likeness (QED) is 0.803. The normalized spacial score (nSPS) is 16.4. The maximum Gasteiger partial charge on any atom is 0.185 e. The summed E-state index contributed by atoms with van der Waals surface area (Å²) < 4.78 is 5.43. The van der Waals surface area contributed by atoms with E-state index in [4.69, 9.17) is 4.42 Å². The fraction of sp³-hybridized carbons (Fsp3) is 0.312. The number of hydrogen-bond donors (Lipinski definition) is 0. The van der Waals surface area contributed by atoms with Crippen molar-refractivity contribution < 1.29 is 9.21 Å². The minimum absolute atomic E-state index is 0.364. The van der Waals surface area contributed by atoms with Gasteiger partial charge in [0.15, 0.2) is 12.0 Å². The molecule has 0 bridgehead atoms. The molecule has 4 heteroatoms. The van der Waals surface area contributed by atoms with E-state index < -0.39 is 0 Å². The molecule has 104 valence electrons. The molecule has 0 amide bonds. The lowest BCUT2D eigenvalue weighted by Crippen LogP contribution is -2.44. The van der Waals surface area contributed by atoms with E-state index >= 15 is 0 Å². The zero-order valence-electron chi connectivity index (χ0n) is 11.6. The van der Waals surface area contributed by atoms with Crippen LogP contribution in [0.1, 0.15) is 10.6 Å². The van der Waals surface area contributed by atoms with E-state index in [1.807, 2.05) is 18.2 Å². The summed E-state index contributed by atoms with van der Waals surface area (Å²) in [6.45, 7) is 4.32. The van der Waals surface area contributed by atoms with Crippen LogP contribution >= 0.6 is 0 Å². The van der Waals surface area contributed by atoms with Crippen LogP contribution in [0.2, 0.25) is 0 Å². The van der Waals surface area contributed by atoms with Gasteiger partial charge in [0.2, 0.25) is 0 Å². The van der Waals surface area contributed by atoms with Crippen molar-refractivity contribution in [1.82, 2.24) is 4.90 Å². The molecule has 2 aromatic rings. The molecule has 0 atom stereocenters. The highest BCUT2D eigenvalue weighted by Crippen LogP contribution is 2.25. The van der Waals surface area contributed by atoms with Gasteiger partial charge in [-0.2, -0.15) is 0 Å². The largest absolute Gasteiger partial charge is 0.453 e. The summed E-state index contributed by atoms with van der Waals surface area (Å²) in [5.41, 5.74) is 2.24. The van der Waals surface area contributed by atoms with E-state index in [9.17, 15) is 4.79 Å². The third-order valence-electron chi connectivity index (χ3n) is 3.76. The van der Waals surface area contributed by atoms with Crippen LogP contribution in [0.5, 0.6) is 0 Å². The molecule has 0 saturated carbocycles. The lowest BCUT2D eigenvalue weighted by molar-refractivity contribution is 0.110. The molecule has 1 aliphatic rings. The molecule has 0 aliphatic carbocycles. The Morgan fingerprint density at radius 1 is 1.00 bits per heavy atom. The van der Waals surface area contributed by atoms with E-state index in [1.54, 1.807) is 6.07 Å². The zero-order chi connectivity index (χ0) is 13.9. The number of anilines is 1. The Kier molecular flexibility index (Phi) is 3.56. The molecule has 1 aromatic carbocycles. The fourth-order valence-electron chi connectivity index (χ4n) is 2.47. The number of hydrogen-bond acceptors (Lipinski definition) is 4. The molecule has 0 N–H and O–H groups in total. The van der Waals surface area contributed by atoms with Crippen LogP contribution in [0.3, 0.4) is 0 Å². The van der Waals surface area contributed by atoms with Crippen molar-refractivity contribution in [1.29, 1.82) is 0 Å². The Morgan fingerprint density at radius 3 is 2.30 bits per heavy atom. The van der Waals surface area contributed by atoms with E-state index in [1.165, 1.54) is 5.69 Å². The molecule has 4 nitrogen and oxygen atoms in total. The first kappa shape index (κ1) is 12.9. The summed E-state index contributed by atoms with van der Waals surface area (Å²) in [5.74, 6) is 1.10. The van der Waals surface area contributed by atoms with Crippen LogP contribution in [0.25, 0.3) is 11.3 Å². The van der Waals surface area contributed by atoms with Crippen molar-refractivity contribution in [2.45, 2.75) is 0 Å². The van der Waals surface area contributed by atoms with Gasteiger partial charge in [0.25, 0.3) is 0 Å². The predicted molar refractivity (Wildman–Crippen MR) is 79.2 cm³/mol. The number of furan rings is 1. The van der Waals surface area contributed by atoms with Crippen LogP contribution in [0, 0.1) is 0 Å². The molecule has 0 unspecified atom stereocenters. The Bertz CT molecular complexity index is 581. The number of piperazine rings is 1. The number of carbonyl (C=O) groups is 1. The van der Waals surface area contributed by atoms with Gasteiger partial charge in [-0.25, -0.2) is 0 Å². The topological polar surface area (TPSA) is 36.7 Å². The third kappa shape index (κ3) is 2.60. The molecular weight excluding hydrogens is 252 g/mol. The van der Waals surface area contributed by atoms with Crippen molar-refractivity contribution in [3.05, 3.63) is 42.2 Å². The first-order valence-electron chi connectivity index (χ1n) is 6.85. The lowest BCUT2D eigenvalue weighted by atomic mass is 10.1. The van der Waals surface area contributed by atoms with Crippen molar-refractivity contribution in [3.8, 4) is 11.3 Å². The highest BCUT2D eigenvalue weighted by Gasteiger charge is 2.14. The van der Waals surface area contributed by atoms with E-state index in [2.05, 4.69) is 29.0 Å². The van der Waals surface area contributed by atoms with Crippen molar-refractivity contribution in [2.75, 3.05) is 38.1 Å². The maximum absolute atomic E-state index is 10.6. The van der Waals surface area contributed by atoms with E-state index in [-0.39, 0.29) is 0 Å². The second kappa shape index (κ2) is 5.51. The second-order valence-corrected chi connectivity index (χ2v) is 5.16. The molecule has 1 aliphatic heterocycles. The van der Waals surface area contributed by atoms with Gasteiger partial charge in [-0.05, 0) is 43.4 Å². The molecule has 2 heterocycles.